The highest BCUT2D eigenvalue weighted by atomic mass is 16.4. The molecule has 0 heterocycles. The van der Waals surface area contributed by atoms with Crippen molar-refractivity contribution in [3.05, 3.63) is 34.7 Å². The lowest BCUT2D eigenvalue weighted by molar-refractivity contribution is -0.114. The predicted molar refractivity (Wildman–Crippen MR) is 58.9 cm³/mol. The predicted octanol–water partition coefficient (Wildman–Crippen LogP) is -0.385. The van der Waals surface area contributed by atoms with Crippen molar-refractivity contribution in [1.29, 1.82) is 0 Å². The molecule has 82 valence electrons. The number of benzene rings is 1. The van der Waals surface area contributed by atoms with Crippen LogP contribution in [0.2, 0.25) is 0 Å². The minimum Gasteiger partial charge on any atom is -0.423 e. The zero-order valence-corrected chi connectivity index (χ0v) is 8.24. The molecule has 0 bridgehead atoms. The van der Waals surface area contributed by atoms with Crippen molar-refractivity contribution in [1.82, 2.24) is 0 Å². The van der Waals surface area contributed by atoms with Gasteiger partial charge in [0, 0.05) is 10.6 Å². The molecule has 0 aliphatic carbocycles. The molecule has 0 aromatic heterocycles. The van der Waals surface area contributed by atoms with Crippen LogP contribution >= 0.6 is 0 Å². The Morgan fingerprint density at radius 3 is 2.94 bits per heavy atom. The Kier molecular flexibility index (Phi) is 4.35. The zero-order valence-electron chi connectivity index (χ0n) is 8.24. The molecule has 8 heteroatoms. The molecule has 7 nitrogen and oxygen atoms in total. The van der Waals surface area contributed by atoms with Gasteiger partial charge in [-0.25, -0.2) is 0 Å². The van der Waals surface area contributed by atoms with Crippen molar-refractivity contribution in [2.45, 2.75) is 0 Å². The maximum absolute atomic E-state index is 11.2. The number of anilines is 1. The first kappa shape index (κ1) is 12.1. The Hall–Kier alpha value is -2.02. The van der Waals surface area contributed by atoms with Crippen LogP contribution in [0.5, 0.6) is 0 Å². The molecule has 0 atom stereocenters. The Morgan fingerprint density at radius 1 is 1.56 bits per heavy atom. The summed E-state index contributed by atoms with van der Waals surface area (Å²) in [4.78, 5) is 13.6. The van der Waals surface area contributed by atoms with Gasteiger partial charge in [0.1, 0.15) is 6.54 Å². The van der Waals surface area contributed by atoms with Gasteiger partial charge in [0.2, 0.25) is 5.91 Å². The van der Waals surface area contributed by atoms with Crippen molar-refractivity contribution in [2.24, 2.45) is 5.11 Å². The first-order chi connectivity index (χ1) is 7.63. The number of amides is 1. The van der Waals surface area contributed by atoms with Gasteiger partial charge >= 0.3 is 7.12 Å². The van der Waals surface area contributed by atoms with E-state index in [-0.39, 0.29) is 12.0 Å². The second kappa shape index (κ2) is 5.77. The van der Waals surface area contributed by atoms with E-state index in [0.29, 0.717) is 5.69 Å². The average molecular weight is 220 g/mol. The van der Waals surface area contributed by atoms with Gasteiger partial charge in [-0.3, -0.25) is 4.79 Å². The Morgan fingerprint density at radius 2 is 2.31 bits per heavy atom. The monoisotopic (exact) mass is 220 g/mol. The number of azide groups is 1. The molecule has 0 spiro atoms. The summed E-state index contributed by atoms with van der Waals surface area (Å²) in [5.74, 6) is -0.470. The molecule has 0 unspecified atom stereocenters. The van der Waals surface area contributed by atoms with Crippen molar-refractivity contribution in [2.75, 3.05) is 11.9 Å². The maximum Gasteiger partial charge on any atom is 0.488 e. The third kappa shape index (κ3) is 3.62. The molecule has 0 fully saturated rings. The van der Waals surface area contributed by atoms with Crippen LogP contribution in [0, 0.1) is 0 Å². The molecule has 1 rings (SSSR count). The van der Waals surface area contributed by atoms with Gasteiger partial charge < -0.3 is 15.4 Å². The van der Waals surface area contributed by atoms with E-state index >= 15 is 0 Å². The Bertz CT molecular complexity index is 431. The Labute approximate surface area is 91.5 Å². The summed E-state index contributed by atoms with van der Waals surface area (Å²) in [7, 11) is -1.59. The summed E-state index contributed by atoms with van der Waals surface area (Å²) in [6.45, 7) is -0.303. The number of carbonyl (C=O) groups excluding carboxylic acids is 1. The summed E-state index contributed by atoms with van der Waals surface area (Å²) in [5, 5.41) is 23.3. The largest absolute Gasteiger partial charge is 0.488 e. The van der Waals surface area contributed by atoms with E-state index in [2.05, 4.69) is 15.3 Å². The van der Waals surface area contributed by atoms with E-state index in [1.165, 1.54) is 12.1 Å². The van der Waals surface area contributed by atoms with Crippen molar-refractivity contribution >= 4 is 24.2 Å². The summed E-state index contributed by atoms with van der Waals surface area (Å²) in [5.41, 5.74) is 8.68. The minimum absolute atomic E-state index is 0.265. The molecular formula is C8H9BN4O3. The van der Waals surface area contributed by atoms with Gasteiger partial charge in [-0.15, -0.1) is 0 Å². The van der Waals surface area contributed by atoms with E-state index in [9.17, 15) is 4.79 Å². The second-order valence-corrected chi connectivity index (χ2v) is 2.94. The summed E-state index contributed by atoms with van der Waals surface area (Å²) in [6.07, 6.45) is 0. The van der Waals surface area contributed by atoms with Crippen LogP contribution in [-0.2, 0) is 4.79 Å². The SMILES string of the molecule is [N-]=[N+]=NCC(=O)Nc1cccc(B(O)O)c1. The lowest BCUT2D eigenvalue weighted by Crippen LogP contribution is -2.30. The molecule has 0 saturated heterocycles. The fraction of sp³-hybridized carbons (Fsp3) is 0.125. The fourth-order valence-corrected chi connectivity index (χ4v) is 1.07. The van der Waals surface area contributed by atoms with Crippen LogP contribution < -0.4 is 10.8 Å². The molecule has 0 aliphatic heterocycles. The summed E-state index contributed by atoms with van der Waals surface area (Å²) in [6, 6.07) is 6.07. The quantitative estimate of drug-likeness (QED) is 0.277. The van der Waals surface area contributed by atoms with Gasteiger partial charge in [0.25, 0.3) is 0 Å². The second-order valence-electron chi connectivity index (χ2n) is 2.94. The number of hydrogen-bond acceptors (Lipinski definition) is 4. The first-order valence-electron chi connectivity index (χ1n) is 4.40. The molecule has 16 heavy (non-hydrogen) atoms. The number of carbonyl (C=O) groups is 1. The van der Waals surface area contributed by atoms with Crippen LogP contribution in [0.25, 0.3) is 10.4 Å². The van der Waals surface area contributed by atoms with Crippen LogP contribution in [0.4, 0.5) is 5.69 Å². The molecule has 0 aliphatic rings. The van der Waals surface area contributed by atoms with Crippen molar-refractivity contribution < 1.29 is 14.8 Å². The Balaban J connectivity index is 2.70. The van der Waals surface area contributed by atoms with Crippen LogP contribution in [-0.4, -0.2) is 29.6 Å². The van der Waals surface area contributed by atoms with Gasteiger partial charge in [0.05, 0.1) is 0 Å². The highest BCUT2D eigenvalue weighted by Gasteiger charge is 2.11. The maximum atomic E-state index is 11.2. The van der Waals surface area contributed by atoms with Crippen LogP contribution in [0.1, 0.15) is 0 Å². The van der Waals surface area contributed by atoms with E-state index in [1.807, 2.05) is 0 Å². The van der Waals surface area contributed by atoms with Crippen LogP contribution in [0.15, 0.2) is 29.4 Å². The number of nitrogens with zero attached hydrogens (tertiary/aromatic N) is 3. The number of hydrogen-bond donors (Lipinski definition) is 3. The minimum atomic E-state index is -1.59. The van der Waals surface area contributed by atoms with Crippen molar-refractivity contribution in [3.63, 3.8) is 0 Å². The molecule has 1 aromatic rings. The van der Waals surface area contributed by atoms with Crippen LogP contribution in [0.3, 0.4) is 0 Å². The van der Waals surface area contributed by atoms with E-state index in [4.69, 9.17) is 15.6 Å². The highest BCUT2D eigenvalue weighted by molar-refractivity contribution is 6.58. The van der Waals surface area contributed by atoms with Gasteiger partial charge in [-0.1, -0.05) is 17.2 Å². The van der Waals surface area contributed by atoms with Gasteiger partial charge in [-0.2, -0.15) is 0 Å². The smallest absolute Gasteiger partial charge is 0.423 e. The molecule has 1 amide bonds. The zero-order chi connectivity index (χ0) is 12.0. The van der Waals surface area contributed by atoms with E-state index < -0.39 is 13.0 Å². The molecule has 3 N–H and O–H groups in total. The lowest BCUT2D eigenvalue weighted by Gasteiger charge is -2.05. The highest BCUT2D eigenvalue weighted by Crippen LogP contribution is 2.03. The van der Waals surface area contributed by atoms with Gasteiger partial charge in [-0.05, 0) is 23.1 Å². The van der Waals surface area contributed by atoms with Crippen molar-refractivity contribution in [3.8, 4) is 0 Å². The molecule has 0 saturated carbocycles. The number of nitrogens with one attached hydrogen (secondary N) is 1. The molecule has 0 radical (unpaired) electrons. The summed E-state index contributed by atoms with van der Waals surface area (Å²) < 4.78 is 0. The summed E-state index contributed by atoms with van der Waals surface area (Å²) >= 11 is 0. The topological polar surface area (TPSA) is 118 Å². The average Bonchev–Trinajstić information content (AvgIpc) is 2.26. The third-order valence-electron chi connectivity index (χ3n) is 1.75. The fourth-order valence-electron chi connectivity index (χ4n) is 1.07. The lowest BCUT2D eigenvalue weighted by atomic mass is 9.80. The standard InChI is InChI=1S/C8H9BN4O3/c10-13-11-5-8(14)12-7-3-1-2-6(4-7)9(15)16/h1-4,15-16H,5H2,(H,12,14). The number of rotatable bonds is 4. The third-order valence-corrected chi connectivity index (χ3v) is 1.75. The first-order valence-corrected chi connectivity index (χ1v) is 4.40. The van der Waals surface area contributed by atoms with Gasteiger partial charge in [0.15, 0.2) is 0 Å². The van der Waals surface area contributed by atoms with E-state index in [1.54, 1.807) is 12.1 Å². The molecule has 1 aromatic carbocycles. The molecular weight excluding hydrogens is 211 g/mol. The normalized spacial score (nSPS) is 9.12. The van der Waals surface area contributed by atoms with E-state index in [0.717, 1.165) is 0 Å².